The summed E-state index contributed by atoms with van der Waals surface area (Å²) in [6, 6.07) is 0.410. The van der Waals surface area contributed by atoms with E-state index in [1.54, 1.807) is 0 Å². The highest BCUT2D eigenvalue weighted by atomic mass is 35.5. The van der Waals surface area contributed by atoms with Crippen molar-refractivity contribution in [1.29, 1.82) is 0 Å². The Bertz CT molecular complexity index is 391. The molecule has 0 amide bonds. The summed E-state index contributed by atoms with van der Waals surface area (Å²) in [5.41, 5.74) is 0.929. The van der Waals surface area contributed by atoms with Crippen LogP contribution in [0.2, 0.25) is 5.15 Å². The van der Waals surface area contributed by atoms with Gasteiger partial charge in [-0.2, -0.15) is 0 Å². The van der Waals surface area contributed by atoms with Crippen molar-refractivity contribution in [1.82, 2.24) is 9.97 Å². The smallest absolute Gasteiger partial charge is 0.137 e. The van der Waals surface area contributed by atoms with Gasteiger partial charge in [0.2, 0.25) is 0 Å². The Morgan fingerprint density at radius 3 is 2.39 bits per heavy atom. The van der Waals surface area contributed by atoms with Gasteiger partial charge < -0.3 is 5.32 Å². The van der Waals surface area contributed by atoms with E-state index in [0.29, 0.717) is 17.0 Å². The zero-order chi connectivity index (χ0) is 13.7. The summed E-state index contributed by atoms with van der Waals surface area (Å²) in [6.07, 6.45) is 3.66. The SMILES string of the molecule is Cc1nc(Cl)c(C)c(NC(C)CCCC(C)C)n1. The minimum Gasteiger partial charge on any atom is -0.367 e. The first kappa shape index (κ1) is 15.2. The van der Waals surface area contributed by atoms with Crippen LogP contribution in [0.3, 0.4) is 0 Å². The Balaban J connectivity index is 2.56. The number of aromatic nitrogens is 2. The highest BCUT2D eigenvalue weighted by Gasteiger charge is 2.10. The van der Waals surface area contributed by atoms with E-state index in [1.165, 1.54) is 12.8 Å². The normalized spacial score (nSPS) is 12.8. The predicted octanol–water partition coefficient (Wildman–Crippen LogP) is 4.37. The molecule has 0 bridgehead atoms. The average Bonchev–Trinajstić information content (AvgIpc) is 2.24. The van der Waals surface area contributed by atoms with Crippen molar-refractivity contribution in [2.45, 2.75) is 59.9 Å². The molecule has 1 rings (SSSR count). The van der Waals surface area contributed by atoms with Crippen LogP contribution >= 0.6 is 11.6 Å². The maximum absolute atomic E-state index is 6.06. The molecule has 1 atom stereocenters. The highest BCUT2D eigenvalue weighted by Crippen LogP contribution is 2.21. The number of anilines is 1. The lowest BCUT2D eigenvalue weighted by molar-refractivity contribution is 0.520. The van der Waals surface area contributed by atoms with E-state index in [4.69, 9.17) is 11.6 Å². The van der Waals surface area contributed by atoms with Crippen molar-refractivity contribution in [3.63, 3.8) is 0 Å². The van der Waals surface area contributed by atoms with Gasteiger partial charge in [-0.05, 0) is 33.1 Å². The van der Waals surface area contributed by atoms with Gasteiger partial charge >= 0.3 is 0 Å². The molecule has 1 aromatic rings. The lowest BCUT2D eigenvalue weighted by Gasteiger charge is -2.17. The summed E-state index contributed by atoms with van der Waals surface area (Å²) in [4.78, 5) is 8.55. The molecule has 0 aliphatic carbocycles. The fourth-order valence-electron chi connectivity index (χ4n) is 1.87. The number of halogens is 1. The van der Waals surface area contributed by atoms with Crippen LogP contribution in [0.25, 0.3) is 0 Å². The Hall–Kier alpha value is -0.830. The molecule has 0 aromatic carbocycles. The monoisotopic (exact) mass is 269 g/mol. The molecule has 1 unspecified atom stereocenters. The molecule has 0 spiro atoms. The molecule has 0 aliphatic heterocycles. The minimum absolute atomic E-state index is 0.410. The van der Waals surface area contributed by atoms with Crippen LogP contribution in [0.15, 0.2) is 0 Å². The summed E-state index contributed by atoms with van der Waals surface area (Å²) in [6.45, 7) is 10.5. The van der Waals surface area contributed by atoms with Gasteiger partial charge in [0.05, 0.1) is 0 Å². The van der Waals surface area contributed by atoms with Crippen LogP contribution in [0.1, 0.15) is 51.4 Å². The van der Waals surface area contributed by atoms with Crippen molar-refractivity contribution in [2.24, 2.45) is 5.92 Å². The maximum Gasteiger partial charge on any atom is 0.137 e. The molecule has 102 valence electrons. The molecule has 18 heavy (non-hydrogen) atoms. The Morgan fingerprint density at radius 1 is 1.11 bits per heavy atom. The standard InChI is InChI=1S/C14H24ClN3/c1-9(2)7-6-8-10(3)16-14-11(4)13(15)17-12(5)18-14/h9-10H,6-8H2,1-5H3,(H,16,17,18). The van der Waals surface area contributed by atoms with E-state index >= 15 is 0 Å². The first-order valence-electron chi connectivity index (χ1n) is 6.67. The molecule has 0 aliphatic rings. The third-order valence-electron chi connectivity index (χ3n) is 3.00. The lowest BCUT2D eigenvalue weighted by Crippen LogP contribution is -2.17. The number of aryl methyl sites for hydroxylation is 1. The van der Waals surface area contributed by atoms with Crippen LogP contribution in [0.5, 0.6) is 0 Å². The maximum atomic E-state index is 6.06. The van der Waals surface area contributed by atoms with Gasteiger partial charge in [0, 0.05) is 11.6 Å². The first-order chi connectivity index (χ1) is 8.40. The zero-order valence-corrected chi connectivity index (χ0v) is 12.8. The molecule has 0 radical (unpaired) electrons. The number of rotatable bonds is 6. The fraction of sp³-hybridized carbons (Fsp3) is 0.714. The summed E-state index contributed by atoms with van der Waals surface area (Å²) in [5.74, 6) is 2.35. The predicted molar refractivity (Wildman–Crippen MR) is 78.3 cm³/mol. The van der Waals surface area contributed by atoms with Gasteiger partial charge in [0.25, 0.3) is 0 Å². The largest absolute Gasteiger partial charge is 0.367 e. The van der Waals surface area contributed by atoms with Gasteiger partial charge in [-0.25, -0.2) is 9.97 Å². The topological polar surface area (TPSA) is 37.8 Å². The minimum atomic E-state index is 0.410. The number of hydrogen-bond acceptors (Lipinski definition) is 3. The summed E-state index contributed by atoms with van der Waals surface area (Å²) < 4.78 is 0. The van der Waals surface area contributed by atoms with Gasteiger partial charge in [0.1, 0.15) is 16.8 Å². The lowest BCUT2D eigenvalue weighted by atomic mass is 10.0. The molecular weight excluding hydrogens is 246 g/mol. The summed E-state index contributed by atoms with van der Waals surface area (Å²) in [5, 5.41) is 3.97. The van der Waals surface area contributed by atoms with E-state index in [9.17, 15) is 0 Å². The number of nitrogens with zero attached hydrogens (tertiary/aromatic N) is 2. The Labute approximate surface area is 115 Å². The second-order valence-corrected chi connectivity index (χ2v) is 5.76. The molecule has 0 saturated carbocycles. The quantitative estimate of drug-likeness (QED) is 0.779. The third-order valence-corrected chi connectivity index (χ3v) is 3.37. The molecular formula is C14H24ClN3. The van der Waals surface area contributed by atoms with E-state index in [1.807, 2.05) is 13.8 Å². The number of hydrogen-bond donors (Lipinski definition) is 1. The molecule has 1 N–H and O–H groups in total. The molecule has 4 heteroatoms. The second-order valence-electron chi connectivity index (χ2n) is 5.41. The van der Waals surface area contributed by atoms with Gasteiger partial charge in [-0.15, -0.1) is 0 Å². The molecule has 1 aromatic heterocycles. The highest BCUT2D eigenvalue weighted by molar-refractivity contribution is 6.30. The van der Waals surface area contributed by atoms with Gasteiger partial charge in [-0.1, -0.05) is 38.3 Å². The number of nitrogens with one attached hydrogen (secondary N) is 1. The van der Waals surface area contributed by atoms with Crippen molar-refractivity contribution in [2.75, 3.05) is 5.32 Å². The van der Waals surface area contributed by atoms with E-state index in [0.717, 1.165) is 23.7 Å². The van der Waals surface area contributed by atoms with E-state index < -0.39 is 0 Å². The molecule has 0 fully saturated rings. The first-order valence-corrected chi connectivity index (χ1v) is 7.05. The van der Waals surface area contributed by atoms with Crippen LogP contribution in [0, 0.1) is 19.8 Å². The fourth-order valence-corrected chi connectivity index (χ4v) is 2.08. The van der Waals surface area contributed by atoms with E-state index in [2.05, 4.69) is 36.1 Å². The van der Waals surface area contributed by atoms with Crippen LogP contribution in [-0.4, -0.2) is 16.0 Å². The average molecular weight is 270 g/mol. The van der Waals surface area contributed by atoms with Crippen LogP contribution in [-0.2, 0) is 0 Å². The Kier molecular flexibility index (Phi) is 5.86. The molecule has 0 saturated heterocycles. The molecule has 1 heterocycles. The van der Waals surface area contributed by atoms with Crippen molar-refractivity contribution in [3.05, 3.63) is 16.5 Å². The summed E-state index contributed by atoms with van der Waals surface area (Å²) >= 11 is 6.06. The van der Waals surface area contributed by atoms with Crippen molar-refractivity contribution < 1.29 is 0 Å². The van der Waals surface area contributed by atoms with Crippen LogP contribution < -0.4 is 5.32 Å². The van der Waals surface area contributed by atoms with Gasteiger partial charge in [-0.3, -0.25) is 0 Å². The Morgan fingerprint density at radius 2 is 1.78 bits per heavy atom. The second kappa shape index (κ2) is 6.93. The van der Waals surface area contributed by atoms with E-state index in [-0.39, 0.29) is 0 Å². The van der Waals surface area contributed by atoms with Crippen LogP contribution in [0.4, 0.5) is 5.82 Å². The van der Waals surface area contributed by atoms with Crippen molar-refractivity contribution >= 4 is 17.4 Å². The van der Waals surface area contributed by atoms with Crippen molar-refractivity contribution in [3.8, 4) is 0 Å². The summed E-state index contributed by atoms with van der Waals surface area (Å²) in [7, 11) is 0. The molecule has 3 nitrogen and oxygen atoms in total. The van der Waals surface area contributed by atoms with Gasteiger partial charge in [0.15, 0.2) is 0 Å². The third kappa shape index (κ3) is 4.81. The zero-order valence-electron chi connectivity index (χ0n) is 12.0.